The van der Waals surface area contributed by atoms with E-state index in [1.807, 2.05) is 73.3 Å². The monoisotopic (exact) mass is 255 g/mol. The molecule has 3 heteroatoms. The predicted molar refractivity (Wildman–Crippen MR) is 74.4 cm³/mol. The first kappa shape index (κ1) is 13.3. The summed E-state index contributed by atoms with van der Waals surface area (Å²) in [6.45, 7) is 4.50. The van der Waals surface area contributed by atoms with Gasteiger partial charge in [0.1, 0.15) is 0 Å². The highest BCUT2D eigenvalue weighted by Crippen LogP contribution is 2.00. The van der Waals surface area contributed by atoms with Crippen LogP contribution >= 0.6 is 0 Å². The van der Waals surface area contributed by atoms with Gasteiger partial charge in [-0.1, -0.05) is 30.3 Å². The summed E-state index contributed by atoms with van der Waals surface area (Å²) in [5.74, 6) is 0.0257. The molecule has 0 bridgehead atoms. The molecule has 2 aromatic rings. The van der Waals surface area contributed by atoms with Gasteiger partial charge in [-0.2, -0.15) is 4.57 Å². The van der Waals surface area contributed by atoms with Crippen LogP contribution in [0.3, 0.4) is 0 Å². The number of aromatic nitrogens is 1. The van der Waals surface area contributed by atoms with Gasteiger partial charge in [0.25, 0.3) is 5.91 Å². The van der Waals surface area contributed by atoms with Gasteiger partial charge in [-0.3, -0.25) is 4.79 Å². The van der Waals surface area contributed by atoms with Crippen LogP contribution in [0.1, 0.15) is 24.1 Å². The maximum atomic E-state index is 12.1. The lowest BCUT2D eigenvalue weighted by Gasteiger charge is -2.08. The van der Waals surface area contributed by atoms with Crippen molar-refractivity contribution >= 4 is 5.91 Å². The molecule has 2 rings (SSSR count). The first-order chi connectivity index (χ1) is 9.16. The van der Waals surface area contributed by atoms with Crippen LogP contribution in [0.4, 0.5) is 0 Å². The Morgan fingerprint density at radius 3 is 2.42 bits per heavy atom. The number of hydrogen-bond donors (Lipinski definition) is 1. The number of nitrogens with one attached hydrogen (secondary N) is 1. The molecule has 1 heterocycles. The van der Waals surface area contributed by atoms with Crippen molar-refractivity contribution < 1.29 is 9.36 Å². The van der Waals surface area contributed by atoms with E-state index in [4.69, 9.17) is 0 Å². The molecular formula is C16H19N2O+. The van der Waals surface area contributed by atoms with Crippen LogP contribution in [0, 0.1) is 6.92 Å². The third kappa shape index (κ3) is 3.65. The van der Waals surface area contributed by atoms with Gasteiger partial charge in [0, 0.05) is 25.6 Å². The molecule has 0 aliphatic rings. The summed E-state index contributed by atoms with van der Waals surface area (Å²) in [4.78, 5) is 12.1. The van der Waals surface area contributed by atoms with E-state index in [0.29, 0.717) is 6.54 Å². The zero-order chi connectivity index (χ0) is 13.7. The van der Waals surface area contributed by atoms with Crippen molar-refractivity contribution in [3.63, 3.8) is 0 Å². The second-order valence-electron chi connectivity index (χ2n) is 4.70. The van der Waals surface area contributed by atoms with Gasteiger partial charge < -0.3 is 5.32 Å². The van der Waals surface area contributed by atoms with E-state index in [0.717, 1.165) is 5.56 Å². The molecule has 0 saturated carbocycles. The van der Waals surface area contributed by atoms with Crippen LogP contribution in [-0.2, 0) is 11.3 Å². The van der Waals surface area contributed by atoms with Gasteiger partial charge in [-0.25, -0.2) is 0 Å². The maximum absolute atomic E-state index is 12.1. The zero-order valence-electron chi connectivity index (χ0n) is 11.3. The molecule has 0 aliphatic heterocycles. The SMILES string of the molecule is Cc1cc[n+]([C@H](C)C(=O)NCc2ccccc2)cc1. The Bertz CT molecular complexity index is 534. The Hall–Kier alpha value is -2.16. The van der Waals surface area contributed by atoms with Crippen molar-refractivity contribution in [3.05, 3.63) is 66.0 Å². The van der Waals surface area contributed by atoms with Crippen molar-refractivity contribution in [2.75, 3.05) is 0 Å². The summed E-state index contributed by atoms with van der Waals surface area (Å²) >= 11 is 0. The van der Waals surface area contributed by atoms with Gasteiger partial charge in [0.05, 0.1) is 0 Å². The van der Waals surface area contributed by atoms with Crippen molar-refractivity contribution in [1.82, 2.24) is 5.32 Å². The maximum Gasteiger partial charge on any atom is 0.289 e. The molecule has 1 aromatic heterocycles. The standard InChI is InChI=1S/C16H18N2O/c1-13-8-10-18(11-9-13)14(2)16(19)17-12-15-6-4-3-5-7-15/h3-11,14H,12H2,1-2H3/p+1/t14-/m1/s1. The summed E-state index contributed by atoms with van der Waals surface area (Å²) in [6.07, 6.45) is 3.87. The van der Waals surface area contributed by atoms with Gasteiger partial charge in [-0.15, -0.1) is 0 Å². The lowest BCUT2D eigenvalue weighted by molar-refractivity contribution is -0.706. The van der Waals surface area contributed by atoms with Gasteiger partial charge in [0.2, 0.25) is 6.04 Å². The van der Waals surface area contributed by atoms with E-state index in [1.54, 1.807) is 0 Å². The molecular weight excluding hydrogens is 236 g/mol. The smallest absolute Gasteiger partial charge is 0.289 e. The molecule has 0 spiro atoms. The van der Waals surface area contributed by atoms with E-state index in [9.17, 15) is 4.79 Å². The van der Waals surface area contributed by atoms with Gasteiger partial charge >= 0.3 is 0 Å². The van der Waals surface area contributed by atoms with Crippen LogP contribution in [0.25, 0.3) is 0 Å². The Labute approximate surface area is 113 Å². The lowest BCUT2D eigenvalue weighted by atomic mass is 10.2. The molecule has 1 aromatic carbocycles. The first-order valence-electron chi connectivity index (χ1n) is 6.46. The van der Waals surface area contributed by atoms with Crippen LogP contribution in [0.2, 0.25) is 0 Å². The lowest BCUT2D eigenvalue weighted by Crippen LogP contribution is -2.46. The minimum atomic E-state index is -0.204. The second-order valence-corrected chi connectivity index (χ2v) is 4.70. The van der Waals surface area contributed by atoms with Gasteiger partial charge in [0.15, 0.2) is 12.4 Å². The molecule has 98 valence electrons. The first-order valence-corrected chi connectivity index (χ1v) is 6.46. The quantitative estimate of drug-likeness (QED) is 0.834. The highest BCUT2D eigenvalue weighted by molar-refractivity contribution is 5.78. The molecule has 1 N–H and O–H groups in total. The van der Waals surface area contributed by atoms with Crippen LogP contribution < -0.4 is 9.88 Å². The molecule has 1 amide bonds. The number of amides is 1. The molecule has 0 unspecified atom stereocenters. The number of nitrogens with zero attached hydrogens (tertiary/aromatic N) is 1. The van der Waals surface area contributed by atoms with Crippen LogP contribution in [0.5, 0.6) is 0 Å². The minimum Gasteiger partial charge on any atom is -0.346 e. The summed E-state index contributed by atoms with van der Waals surface area (Å²) in [6, 6.07) is 13.7. The average Bonchev–Trinajstić information content (AvgIpc) is 2.46. The Kier molecular flexibility index (Phi) is 4.29. The molecule has 1 atom stereocenters. The highest BCUT2D eigenvalue weighted by Gasteiger charge is 2.20. The minimum absolute atomic E-state index is 0.0257. The third-order valence-electron chi connectivity index (χ3n) is 3.16. The molecule has 0 aliphatic carbocycles. The van der Waals surface area contributed by atoms with Crippen molar-refractivity contribution in [2.45, 2.75) is 26.4 Å². The molecule has 0 fully saturated rings. The van der Waals surface area contributed by atoms with Crippen LogP contribution in [0.15, 0.2) is 54.9 Å². The third-order valence-corrected chi connectivity index (χ3v) is 3.16. The number of benzene rings is 1. The zero-order valence-corrected chi connectivity index (χ0v) is 11.3. The summed E-state index contributed by atoms with van der Waals surface area (Å²) in [7, 11) is 0. The Morgan fingerprint density at radius 2 is 1.79 bits per heavy atom. The van der Waals surface area contributed by atoms with E-state index >= 15 is 0 Å². The molecule has 0 radical (unpaired) electrons. The summed E-state index contributed by atoms with van der Waals surface area (Å²) in [5.41, 5.74) is 2.30. The largest absolute Gasteiger partial charge is 0.346 e. The highest BCUT2D eigenvalue weighted by atomic mass is 16.2. The Morgan fingerprint density at radius 1 is 1.16 bits per heavy atom. The van der Waals surface area contributed by atoms with E-state index in [2.05, 4.69) is 5.32 Å². The second kappa shape index (κ2) is 6.14. The van der Waals surface area contributed by atoms with Crippen LogP contribution in [-0.4, -0.2) is 5.91 Å². The topological polar surface area (TPSA) is 33.0 Å². The summed E-state index contributed by atoms with van der Waals surface area (Å²) in [5, 5.41) is 2.95. The van der Waals surface area contributed by atoms with E-state index < -0.39 is 0 Å². The predicted octanol–water partition coefficient (Wildman–Crippen LogP) is 2.16. The van der Waals surface area contributed by atoms with Gasteiger partial charge in [-0.05, 0) is 18.1 Å². The summed E-state index contributed by atoms with van der Waals surface area (Å²) < 4.78 is 1.91. The van der Waals surface area contributed by atoms with Crippen molar-refractivity contribution in [1.29, 1.82) is 0 Å². The molecule has 0 saturated heterocycles. The van der Waals surface area contributed by atoms with Crippen molar-refractivity contribution in [2.24, 2.45) is 0 Å². The number of carbonyl (C=O) groups is 1. The molecule has 19 heavy (non-hydrogen) atoms. The normalized spacial score (nSPS) is 11.9. The number of aryl methyl sites for hydroxylation is 1. The number of pyridine rings is 1. The number of rotatable bonds is 4. The van der Waals surface area contributed by atoms with Crippen molar-refractivity contribution in [3.8, 4) is 0 Å². The number of carbonyl (C=O) groups excluding carboxylic acids is 1. The van der Waals surface area contributed by atoms with E-state index in [-0.39, 0.29) is 11.9 Å². The fraction of sp³-hybridized carbons (Fsp3) is 0.250. The molecule has 3 nitrogen and oxygen atoms in total. The number of hydrogen-bond acceptors (Lipinski definition) is 1. The fourth-order valence-electron chi connectivity index (χ4n) is 1.84. The fourth-order valence-corrected chi connectivity index (χ4v) is 1.84. The van der Waals surface area contributed by atoms with E-state index in [1.165, 1.54) is 5.56 Å². The average molecular weight is 255 g/mol. The Balaban J connectivity index is 1.94.